The van der Waals surface area contributed by atoms with Gasteiger partial charge in [0.2, 0.25) is 10.0 Å². The lowest BCUT2D eigenvalue weighted by Gasteiger charge is -2.35. The summed E-state index contributed by atoms with van der Waals surface area (Å²) in [6.07, 6.45) is 3.07. The van der Waals surface area contributed by atoms with Crippen molar-refractivity contribution in [2.75, 3.05) is 26.4 Å². The first-order valence-corrected chi connectivity index (χ1v) is 9.41. The van der Waals surface area contributed by atoms with Crippen LogP contribution in [0.25, 0.3) is 0 Å². The maximum atomic E-state index is 11.6. The first-order valence-electron chi connectivity index (χ1n) is 6.76. The van der Waals surface area contributed by atoms with Crippen molar-refractivity contribution in [3.63, 3.8) is 0 Å². The molecule has 0 atom stereocenters. The summed E-state index contributed by atoms with van der Waals surface area (Å²) >= 11 is 3.57. The molecular formula is C14H21BrN2O2S. The molecule has 1 aromatic carbocycles. The second-order valence-electron chi connectivity index (χ2n) is 5.38. The highest BCUT2D eigenvalue weighted by Crippen LogP contribution is 2.22. The number of benzene rings is 1. The van der Waals surface area contributed by atoms with Crippen LogP contribution in [-0.4, -0.2) is 50.1 Å². The van der Waals surface area contributed by atoms with E-state index >= 15 is 0 Å². The van der Waals surface area contributed by atoms with Gasteiger partial charge in [-0.25, -0.2) is 12.7 Å². The fourth-order valence-electron chi connectivity index (χ4n) is 2.58. The molecule has 1 aliphatic heterocycles. The van der Waals surface area contributed by atoms with Crippen molar-refractivity contribution >= 4 is 26.0 Å². The summed E-state index contributed by atoms with van der Waals surface area (Å²) in [5.41, 5.74) is 1.28. The van der Waals surface area contributed by atoms with E-state index < -0.39 is 10.0 Å². The summed E-state index contributed by atoms with van der Waals surface area (Å²) < 4.78 is 25.8. The molecule has 4 nitrogen and oxygen atoms in total. The van der Waals surface area contributed by atoms with Crippen LogP contribution in [0.1, 0.15) is 18.4 Å². The van der Waals surface area contributed by atoms with Crippen LogP contribution in [0.15, 0.2) is 28.7 Å². The Morgan fingerprint density at radius 1 is 1.30 bits per heavy atom. The predicted molar refractivity (Wildman–Crippen MR) is 85.0 cm³/mol. The molecule has 0 N–H and O–H groups in total. The fourth-order valence-corrected chi connectivity index (χ4v) is 3.74. The number of piperidine rings is 1. The van der Waals surface area contributed by atoms with E-state index in [1.165, 1.54) is 16.1 Å². The molecule has 0 radical (unpaired) electrons. The van der Waals surface area contributed by atoms with Crippen LogP contribution < -0.4 is 0 Å². The van der Waals surface area contributed by atoms with Crippen molar-refractivity contribution in [3.05, 3.63) is 34.3 Å². The number of sulfonamides is 1. The molecule has 1 heterocycles. The molecule has 0 aliphatic carbocycles. The van der Waals surface area contributed by atoms with Gasteiger partial charge in [-0.3, -0.25) is 4.90 Å². The average molecular weight is 361 g/mol. The highest BCUT2D eigenvalue weighted by molar-refractivity contribution is 9.10. The molecular weight excluding hydrogens is 340 g/mol. The highest BCUT2D eigenvalue weighted by atomic mass is 79.9. The Morgan fingerprint density at radius 3 is 2.45 bits per heavy atom. The summed E-state index contributed by atoms with van der Waals surface area (Å²) in [4.78, 5) is 2.38. The minimum atomic E-state index is -3.08. The van der Waals surface area contributed by atoms with Gasteiger partial charge in [0.25, 0.3) is 0 Å². The van der Waals surface area contributed by atoms with Crippen molar-refractivity contribution < 1.29 is 8.42 Å². The van der Waals surface area contributed by atoms with Gasteiger partial charge >= 0.3 is 0 Å². The number of nitrogens with zero attached hydrogens (tertiary/aromatic N) is 2. The first kappa shape index (κ1) is 15.9. The molecule has 0 amide bonds. The van der Waals surface area contributed by atoms with Gasteiger partial charge in [0.05, 0.1) is 6.26 Å². The Hall–Kier alpha value is -0.430. The lowest BCUT2D eigenvalue weighted by molar-refractivity contribution is 0.164. The third kappa shape index (κ3) is 4.04. The third-order valence-corrected chi connectivity index (χ3v) is 6.06. The van der Waals surface area contributed by atoms with Crippen LogP contribution in [0.4, 0.5) is 0 Å². The van der Waals surface area contributed by atoms with Crippen molar-refractivity contribution in [2.24, 2.45) is 0 Å². The molecule has 112 valence electrons. The molecule has 0 saturated carbocycles. The van der Waals surface area contributed by atoms with Gasteiger partial charge in [0, 0.05) is 37.2 Å². The van der Waals surface area contributed by atoms with Gasteiger partial charge in [-0.1, -0.05) is 34.1 Å². The van der Waals surface area contributed by atoms with Crippen LogP contribution in [0, 0.1) is 0 Å². The van der Waals surface area contributed by atoms with E-state index in [4.69, 9.17) is 0 Å². The minimum Gasteiger partial charge on any atom is -0.299 e. The maximum absolute atomic E-state index is 11.6. The molecule has 6 heteroatoms. The zero-order chi connectivity index (χ0) is 14.8. The lowest BCUT2D eigenvalue weighted by Crippen LogP contribution is -2.44. The predicted octanol–water partition coefficient (Wildman–Crippen LogP) is 2.30. The molecule has 1 aromatic rings. The van der Waals surface area contributed by atoms with Crippen LogP contribution in [0.2, 0.25) is 0 Å². The normalized spacial score (nSPS) is 18.6. The Morgan fingerprint density at radius 2 is 1.90 bits per heavy atom. The van der Waals surface area contributed by atoms with E-state index in [1.807, 2.05) is 12.1 Å². The zero-order valence-corrected chi connectivity index (χ0v) is 14.3. The van der Waals surface area contributed by atoms with E-state index in [2.05, 4.69) is 33.0 Å². The molecule has 1 fully saturated rings. The third-order valence-electron chi connectivity index (χ3n) is 3.95. The largest absolute Gasteiger partial charge is 0.299 e. The second-order valence-corrected chi connectivity index (χ2v) is 8.27. The van der Waals surface area contributed by atoms with E-state index in [9.17, 15) is 8.42 Å². The zero-order valence-electron chi connectivity index (χ0n) is 11.9. The van der Waals surface area contributed by atoms with Crippen molar-refractivity contribution in [2.45, 2.75) is 25.4 Å². The number of likely N-dealkylation sites (tertiary alicyclic amines) is 1. The van der Waals surface area contributed by atoms with E-state index in [0.717, 1.165) is 36.9 Å². The summed E-state index contributed by atoms with van der Waals surface area (Å²) in [6.45, 7) is 2.79. The standard InChI is InChI=1S/C14H21BrN2O2S/c1-16(20(2,18)19)13-7-9-17(10-8-13)11-12-5-3-4-6-14(12)15/h3-6,13H,7-11H2,1-2H3. The molecule has 2 rings (SSSR count). The Bertz CT molecular complexity index is 554. The molecule has 0 spiro atoms. The van der Waals surface area contributed by atoms with Gasteiger partial charge in [0.15, 0.2) is 0 Å². The van der Waals surface area contributed by atoms with Gasteiger partial charge in [0.1, 0.15) is 0 Å². The summed E-state index contributed by atoms with van der Waals surface area (Å²) in [5.74, 6) is 0. The minimum absolute atomic E-state index is 0.139. The fraction of sp³-hybridized carbons (Fsp3) is 0.571. The smallest absolute Gasteiger partial charge is 0.211 e. The van der Waals surface area contributed by atoms with E-state index in [0.29, 0.717) is 0 Å². The summed E-state index contributed by atoms with van der Waals surface area (Å²) in [7, 11) is -1.39. The van der Waals surface area contributed by atoms with E-state index in [-0.39, 0.29) is 6.04 Å². The summed E-state index contributed by atoms with van der Waals surface area (Å²) in [6, 6.07) is 8.38. The first-order chi connectivity index (χ1) is 9.38. The Kier molecular flexibility index (Phi) is 5.23. The Labute approximate surface area is 129 Å². The molecule has 0 bridgehead atoms. The molecule has 0 unspecified atom stereocenters. The highest BCUT2D eigenvalue weighted by Gasteiger charge is 2.27. The van der Waals surface area contributed by atoms with Crippen LogP contribution in [-0.2, 0) is 16.6 Å². The summed E-state index contributed by atoms with van der Waals surface area (Å²) in [5, 5.41) is 0. The molecule has 1 saturated heterocycles. The van der Waals surface area contributed by atoms with Crippen molar-refractivity contribution in [1.82, 2.24) is 9.21 Å². The van der Waals surface area contributed by atoms with Gasteiger partial charge in [-0.2, -0.15) is 0 Å². The van der Waals surface area contributed by atoms with E-state index in [1.54, 1.807) is 7.05 Å². The van der Waals surface area contributed by atoms with Gasteiger partial charge < -0.3 is 0 Å². The molecule has 1 aliphatic rings. The number of hydrogen-bond acceptors (Lipinski definition) is 3. The SMILES string of the molecule is CN(C1CCN(Cc2ccccc2Br)CC1)S(C)(=O)=O. The monoisotopic (exact) mass is 360 g/mol. The van der Waals surface area contributed by atoms with Gasteiger partial charge in [-0.15, -0.1) is 0 Å². The van der Waals surface area contributed by atoms with Crippen molar-refractivity contribution in [3.8, 4) is 0 Å². The second kappa shape index (κ2) is 6.56. The maximum Gasteiger partial charge on any atom is 0.211 e. The van der Waals surface area contributed by atoms with Crippen molar-refractivity contribution in [1.29, 1.82) is 0 Å². The van der Waals surface area contributed by atoms with Crippen LogP contribution in [0.3, 0.4) is 0 Å². The van der Waals surface area contributed by atoms with Crippen LogP contribution >= 0.6 is 15.9 Å². The Balaban J connectivity index is 1.91. The van der Waals surface area contributed by atoms with Gasteiger partial charge in [-0.05, 0) is 24.5 Å². The average Bonchev–Trinajstić information content (AvgIpc) is 2.40. The quantitative estimate of drug-likeness (QED) is 0.826. The van der Waals surface area contributed by atoms with Crippen LogP contribution in [0.5, 0.6) is 0 Å². The number of rotatable bonds is 4. The molecule has 20 heavy (non-hydrogen) atoms. The number of halogens is 1. The molecule has 0 aromatic heterocycles. The number of hydrogen-bond donors (Lipinski definition) is 0. The topological polar surface area (TPSA) is 40.6 Å². The lowest BCUT2D eigenvalue weighted by atomic mass is 10.0.